The van der Waals surface area contributed by atoms with Crippen LogP contribution in [0.5, 0.6) is 0 Å². The Hall–Kier alpha value is -1.73. The van der Waals surface area contributed by atoms with Crippen LogP contribution in [0.4, 0.5) is 10.1 Å². The van der Waals surface area contributed by atoms with E-state index in [1.807, 2.05) is 6.07 Å². The van der Waals surface area contributed by atoms with Crippen LogP contribution in [0.3, 0.4) is 0 Å². The molecule has 1 aliphatic heterocycles. The zero-order valence-electron chi connectivity index (χ0n) is 13.7. The topological polar surface area (TPSA) is 32.3 Å². The molecule has 3 heterocycles. The monoisotopic (exact) mass is 406 g/mol. The maximum absolute atomic E-state index is 13.9. The normalized spacial score (nSPS) is 17.1. The smallest absolute Gasteiger partial charge is 0.238 e. The van der Waals surface area contributed by atoms with Crippen LogP contribution in [-0.2, 0) is 11.2 Å². The molecule has 0 fully saturated rings. The van der Waals surface area contributed by atoms with Gasteiger partial charge in [0.2, 0.25) is 5.91 Å². The van der Waals surface area contributed by atoms with Crippen LogP contribution in [0.25, 0.3) is 0 Å². The summed E-state index contributed by atoms with van der Waals surface area (Å²) in [6.45, 7) is 1.01. The van der Waals surface area contributed by atoms with Crippen LogP contribution >= 0.6 is 34.3 Å². The molecule has 0 saturated heterocycles. The van der Waals surface area contributed by atoms with Gasteiger partial charge in [-0.2, -0.15) is 0 Å². The molecule has 134 valence electrons. The molecular formula is C19H16ClFN2OS2. The summed E-state index contributed by atoms with van der Waals surface area (Å²) in [6, 6.07) is 10.6. The number of thiophene rings is 2. The lowest BCUT2D eigenvalue weighted by molar-refractivity contribution is -0.117. The van der Waals surface area contributed by atoms with Gasteiger partial charge < -0.3 is 5.32 Å². The van der Waals surface area contributed by atoms with Gasteiger partial charge in [0.15, 0.2) is 0 Å². The van der Waals surface area contributed by atoms with Gasteiger partial charge in [-0.25, -0.2) is 4.39 Å². The predicted octanol–water partition coefficient (Wildman–Crippen LogP) is 5.19. The highest BCUT2D eigenvalue weighted by Gasteiger charge is 2.31. The molecule has 0 spiro atoms. The standard InChI is InChI=1S/C19H16ClFN2OS2/c20-12-3-4-15(14(21)10-12)22-18(24)11-23-7-5-16-13(6-9-26-16)19(23)17-2-1-8-25-17/h1-4,6,8-10,19H,5,7,11H2,(H,22,24). The summed E-state index contributed by atoms with van der Waals surface area (Å²) in [7, 11) is 0. The third-order valence-corrected chi connectivity index (χ3v) is 6.59. The van der Waals surface area contributed by atoms with Crippen molar-refractivity contribution in [2.24, 2.45) is 0 Å². The SMILES string of the molecule is O=C(CN1CCc2sccc2C1c1cccs1)Nc1ccc(Cl)cc1F. The van der Waals surface area contributed by atoms with Gasteiger partial charge in [-0.3, -0.25) is 9.69 Å². The fourth-order valence-corrected chi connectivity index (χ4v) is 5.22. The van der Waals surface area contributed by atoms with Crippen molar-refractivity contribution in [1.29, 1.82) is 0 Å². The Labute approximate surface area is 164 Å². The molecule has 1 aliphatic rings. The Morgan fingerprint density at radius 1 is 1.27 bits per heavy atom. The number of rotatable bonds is 4. The van der Waals surface area contributed by atoms with Gasteiger partial charge in [0, 0.05) is 21.3 Å². The lowest BCUT2D eigenvalue weighted by Crippen LogP contribution is -2.40. The number of carbonyl (C=O) groups excluding carboxylic acids is 1. The molecule has 0 aliphatic carbocycles. The zero-order chi connectivity index (χ0) is 18.1. The number of carbonyl (C=O) groups is 1. The molecule has 1 unspecified atom stereocenters. The van der Waals surface area contributed by atoms with E-state index in [1.165, 1.54) is 27.5 Å². The minimum absolute atomic E-state index is 0.0748. The van der Waals surface area contributed by atoms with E-state index in [-0.39, 0.29) is 24.2 Å². The van der Waals surface area contributed by atoms with Crippen LogP contribution in [-0.4, -0.2) is 23.9 Å². The van der Waals surface area contributed by atoms with Crippen LogP contribution < -0.4 is 5.32 Å². The highest BCUT2D eigenvalue weighted by Crippen LogP contribution is 2.39. The average Bonchev–Trinajstić information content (AvgIpc) is 3.28. The number of amides is 1. The summed E-state index contributed by atoms with van der Waals surface area (Å²) in [6.07, 6.45) is 0.928. The molecular weight excluding hydrogens is 391 g/mol. The van der Waals surface area contributed by atoms with E-state index < -0.39 is 5.82 Å². The van der Waals surface area contributed by atoms with Crippen molar-refractivity contribution >= 4 is 45.9 Å². The quantitative estimate of drug-likeness (QED) is 0.646. The first kappa shape index (κ1) is 17.7. The van der Waals surface area contributed by atoms with Gasteiger partial charge in [-0.05, 0) is 53.1 Å². The van der Waals surface area contributed by atoms with Gasteiger partial charge in [-0.15, -0.1) is 22.7 Å². The van der Waals surface area contributed by atoms with Crippen molar-refractivity contribution < 1.29 is 9.18 Å². The molecule has 1 amide bonds. The van der Waals surface area contributed by atoms with Gasteiger partial charge in [0.05, 0.1) is 18.3 Å². The maximum Gasteiger partial charge on any atom is 0.238 e. The summed E-state index contributed by atoms with van der Waals surface area (Å²) in [5.74, 6) is -0.758. The Kier molecular flexibility index (Phi) is 5.09. The second-order valence-electron chi connectivity index (χ2n) is 6.11. The molecule has 2 aromatic heterocycles. The summed E-state index contributed by atoms with van der Waals surface area (Å²) in [5, 5.41) is 7.13. The van der Waals surface area contributed by atoms with E-state index >= 15 is 0 Å². The van der Waals surface area contributed by atoms with Gasteiger partial charge >= 0.3 is 0 Å². The Morgan fingerprint density at radius 2 is 2.15 bits per heavy atom. The van der Waals surface area contributed by atoms with E-state index in [1.54, 1.807) is 28.7 Å². The number of halogens is 2. The minimum atomic E-state index is -0.528. The number of benzene rings is 1. The largest absolute Gasteiger partial charge is 0.322 e. The van der Waals surface area contributed by atoms with Crippen LogP contribution in [0.1, 0.15) is 21.4 Å². The number of anilines is 1. The first-order valence-electron chi connectivity index (χ1n) is 8.20. The predicted molar refractivity (Wildman–Crippen MR) is 106 cm³/mol. The molecule has 3 nitrogen and oxygen atoms in total. The first-order valence-corrected chi connectivity index (χ1v) is 10.3. The van der Waals surface area contributed by atoms with Crippen LogP contribution in [0, 0.1) is 5.82 Å². The Balaban J connectivity index is 1.54. The Bertz CT molecular complexity index is 926. The number of nitrogens with one attached hydrogen (secondary N) is 1. The molecule has 0 saturated carbocycles. The summed E-state index contributed by atoms with van der Waals surface area (Å²) < 4.78 is 13.9. The highest BCUT2D eigenvalue weighted by atomic mass is 35.5. The fourth-order valence-electron chi connectivity index (χ4n) is 3.28. The third kappa shape index (κ3) is 3.55. The van der Waals surface area contributed by atoms with Crippen molar-refractivity contribution in [3.8, 4) is 0 Å². The second-order valence-corrected chi connectivity index (χ2v) is 8.53. The number of nitrogens with zero attached hydrogens (tertiary/aromatic N) is 1. The number of hydrogen-bond donors (Lipinski definition) is 1. The van der Waals surface area contributed by atoms with Crippen molar-refractivity contribution in [1.82, 2.24) is 4.90 Å². The minimum Gasteiger partial charge on any atom is -0.322 e. The zero-order valence-corrected chi connectivity index (χ0v) is 16.1. The molecule has 1 aromatic carbocycles. The van der Waals surface area contributed by atoms with E-state index in [4.69, 9.17) is 11.6 Å². The van der Waals surface area contributed by atoms with Crippen LogP contribution in [0.15, 0.2) is 47.2 Å². The van der Waals surface area contributed by atoms with Gasteiger partial charge in [0.25, 0.3) is 0 Å². The van der Waals surface area contributed by atoms with E-state index in [0.29, 0.717) is 5.02 Å². The van der Waals surface area contributed by atoms with Gasteiger partial charge in [-0.1, -0.05) is 17.7 Å². The van der Waals surface area contributed by atoms with E-state index in [0.717, 1.165) is 13.0 Å². The summed E-state index contributed by atoms with van der Waals surface area (Å²) in [5.41, 5.74) is 1.43. The van der Waals surface area contributed by atoms with Gasteiger partial charge in [0.1, 0.15) is 5.82 Å². The molecule has 4 rings (SSSR count). The first-order chi connectivity index (χ1) is 12.6. The summed E-state index contributed by atoms with van der Waals surface area (Å²) in [4.78, 5) is 17.3. The highest BCUT2D eigenvalue weighted by molar-refractivity contribution is 7.10. The average molecular weight is 407 g/mol. The van der Waals surface area contributed by atoms with Crippen molar-refractivity contribution in [2.75, 3.05) is 18.4 Å². The second kappa shape index (κ2) is 7.48. The molecule has 3 aromatic rings. The van der Waals surface area contributed by atoms with Crippen LogP contribution in [0.2, 0.25) is 5.02 Å². The van der Waals surface area contributed by atoms with Crippen molar-refractivity contribution in [3.05, 3.63) is 73.3 Å². The molecule has 1 atom stereocenters. The summed E-state index contributed by atoms with van der Waals surface area (Å²) >= 11 is 9.22. The lowest BCUT2D eigenvalue weighted by Gasteiger charge is -2.34. The number of fused-ring (bicyclic) bond motifs is 1. The molecule has 0 radical (unpaired) electrons. The molecule has 26 heavy (non-hydrogen) atoms. The number of hydrogen-bond acceptors (Lipinski definition) is 4. The van der Waals surface area contributed by atoms with E-state index in [2.05, 4.69) is 33.1 Å². The molecule has 1 N–H and O–H groups in total. The fraction of sp³-hybridized carbons (Fsp3) is 0.211. The third-order valence-electron chi connectivity index (χ3n) is 4.43. The lowest BCUT2D eigenvalue weighted by atomic mass is 9.98. The van der Waals surface area contributed by atoms with Crippen molar-refractivity contribution in [2.45, 2.75) is 12.5 Å². The Morgan fingerprint density at radius 3 is 2.92 bits per heavy atom. The van der Waals surface area contributed by atoms with Crippen molar-refractivity contribution in [3.63, 3.8) is 0 Å². The maximum atomic E-state index is 13.9. The van der Waals surface area contributed by atoms with E-state index in [9.17, 15) is 9.18 Å². The molecule has 7 heteroatoms. The molecule has 0 bridgehead atoms.